The number of anilines is 1. The van der Waals surface area contributed by atoms with Gasteiger partial charge in [0, 0.05) is 5.02 Å². The predicted octanol–water partition coefficient (Wildman–Crippen LogP) is 2.91. The summed E-state index contributed by atoms with van der Waals surface area (Å²) in [7, 11) is 0. The molecule has 0 fully saturated rings. The third-order valence-corrected chi connectivity index (χ3v) is 3.51. The molecule has 0 saturated heterocycles. The molecule has 0 aromatic heterocycles. The molecule has 21 heavy (non-hydrogen) atoms. The van der Waals surface area contributed by atoms with Gasteiger partial charge in [0.15, 0.2) is 0 Å². The SMILES string of the molecule is O=CC1C(=O)N(c2ccccc2)N=C1c1ccc(Cl)cc1. The van der Waals surface area contributed by atoms with Crippen LogP contribution in [0.25, 0.3) is 0 Å². The van der Waals surface area contributed by atoms with Crippen LogP contribution in [0, 0.1) is 5.92 Å². The Morgan fingerprint density at radius 3 is 2.33 bits per heavy atom. The van der Waals surface area contributed by atoms with Crippen molar-refractivity contribution in [2.75, 3.05) is 5.01 Å². The minimum absolute atomic E-state index is 0.346. The number of nitrogens with zero attached hydrogens (tertiary/aromatic N) is 2. The van der Waals surface area contributed by atoms with E-state index >= 15 is 0 Å². The van der Waals surface area contributed by atoms with E-state index in [1.165, 1.54) is 5.01 Å². The molecule has 2 aromatic carbocycles. The Morgan fingerprint density at radius 1 is 1.05 bits per heavy atom. The Labute approximate surface area is 126 Å². The van der Waals surface area contributed by atoms with Crippen LogP contribution in [-0.2, 0) is 9.59 Å². The lowest BCUT2D eigenvalue weighted by Crippen LogP contribution is -2.28. The first kappa shape index (κ1) is 13.5. The fourth-order valence-corrected chi connectivity index (χ4v) is 2.33. The summed E-state index contributed by atoms with van der Waals surface area (Å²) >= 11 is 5.86. The van der Waals surface area contributed by atoms with Gasteiger partial charge in [0.2, 0.25) is 0 Å². The van der Waals surface area contributed by atoms with Crippen molar-refractivity contribution in [2.24, 2.45) is 11.0 Å². The maximum absolute atomic E-state index is 12.3. The highest BCUT2D eigenvalue weighted by molar-refractivity contribution is 6.31. The average molecular weight is 299 g/mol. The second-order valence-corrected chi connectivity index (χ2v) is 5.03. The summed E-state index contributed by atoms with van der Waals surface area (Å²) in [5, 5.41) is 6.17. The highest BCUT2D eigenvalue weighted by Crippen LogP contribution is 2.26. The molecule has 1 unspecified atom stereocenters. The van der Waals surface area contributed by atoms with Crippen molar-refractivity contribution in [1.82, 2.24) is 0 Å². The first-order valence-corrected chi connectivity index (χ1v) is 6.77. The lowest BCUT2D eigenvalue weighted by atomic mass is 9.98. The molecule has 0 spiro atoms. The summed E-state index contributed by atoms with van der Waals surface area (Å²) < 4.78 is 0. The van der Waals surface area contributed by atoms with Gasteiger partial charge in [0.1, 0.15) is 12.2 Å². The zero-order chi connectivity index (χ0) is 14.8. The number of carbonyl (C=O) groups excluding carboxylic acids is 2. The summed E-state index contributed by atoms with van der Waals surface area (Å²) in [5.41, 5.74) is 1.79. The van der Waals surface area contributed by atoms with Crippen LogP contribution in [0.2, 0.25) is 5.02 Å². The van der Waals surface area contributed by atoms with E-state index in [0.717, 1.165) is 0 Å². The number of rotatable bonds is 3. The zero-order valence-electron chi connectivity index (χ0n) is 10.9. The Balaban J connectivity index is 2.04. The molecule has 0 saturated carbocycles. The van der Waals surface area contributed by atoms with E-state index in [0.29, 0.717) is 28.3 Å². The highest BCUT2D eigenvalue weighted by Gasteiger charge is 2.37. The van der Waals surface area contributed by atoms with Crippen molar-refractivity contribution in [3.63, 3.8) is 0 Å². The molecule has 1 amide bonds. The monoisotopic (exact) mass is 298 g/mol. The van der Waals surface area contributed by atoms with E-state index in [4.69, 9.17) is 11.6 Å². The zero-order valence-corrected chi connectivity index (χ0v) is 11.7. The van der Waals surface area contributed by atoms with Gasteiger partial charge in [-0.1, -0.05) is 41.9 Å². The molecular formula is C16H11ClN2O2. The van der Waals surface area contributed by atoms with E-state index < -0.39 is 5.92 Å². The predicted molar refractivity (Wildman–Crippen MR) is 81.5 cm³/mol. The molecule has 1 aliphatic heterocycles. The molecule has 3 rings (SSSR count). The average Bonchev–Trinajstić information content (AvgIpc) is 2.85. The van der Waals surface area contributed by atoms with Gasteiger partial charge >= 0.3 is 0 Å². The van der Waals surface area contributed by atoms with Crippen LogP contribution in [-0.4, -0.2) is 17.9 Å². The van der Waals surface area contributed by atoms with Crippen LogP contribution in [0.1, 0.15) is 5.56 Å². The number of hydrogen-bond donors (Lipinski definition) is 0. The van der Waals surface area contributed by atoms with Gasteiger partial charge in [-0.3, -0.25) is 4.79 Å². The van der Waals surface area contributed by atoms with Crippen molar-refractivity contribution in [2.45, 2.75) is 0 Å². The van der Waals surface area contributed by atoms with Crippen molar-refractivity contribution in [3.8, 4) is 0 Å². The quantitative estimate of drug-likeness (QED) is 0.646. The molecule has 2 aromatic rings. The van der Waals surface area contributed by atoms with Crippen molar-refractivity contribution < 1.29 is 9.59 Å². The van der Waals surface area contributed by atoms with Gasteiger partial charge in [-0.25, -0.2) is 0 Å². The fraction of sp³-hybridized carbons (Fsp3) is 0.0625. The van der Waals surface area contributed by atoms with Crippen LogP contribution >= 0.6 is 11.6 Å². The molecule has 1 heterocycles. The molecule has 4 nitrogen and oxygen atoms in total. The molecule has 1 atom stereocenters. The summed E-state index contributed by atoms with van der Waals surface area (Å²) in [6.45, 7) is 0. The first-order valence-electron chi connectivity index (χ1n) is 6.39. The van der Waals surface area contributed by atoms with Crippen molar-refractivity contribution in [1.29, 1.82) is 0 Å². The first-order chi connectivity index (χ1) is 10.2. The smallest absolute Gasteiger partial charge is 0.263 e. The molecule has 0 N–H and O–H groups in total. The van der Waals surface area contributed by atoms with Crippen LogP contribution in [0.5, 0.6) is 0 Å². The molecule has 104 valence electrons. The fourth-order valence-electron chi connectivity index (χ4n) is 2.20. The number of halogens is 1. The second-order valence-electron chi connectivity index (χ2n) is 4.59. The largest absolute Gasteiger partial charge is 0.302 e. The molecule has 0 bridgehead atoms. The van der Waals surface area contributed by atoms with Gasteiger partial charge in [-0.15, -0.1) is 0 Å². The number of aldehydes is 1. The number of carbonyl (C=O) groups is 2. The molecule has 1 aliphatic rings. The summed E-state index contributed by atoms with van der Waals surface area (Å²) in [4.78, 5) is 23.6. The van der Waals surface area contributed by atoms with Crippen molar-refractivity contribution in [3.05, 3.63) is 65.2 Å². The van der Waals surface area contributed by atoms with Crippen LogP contribution in [0.3, 0.4) is 0 Å². The van der Waals surface area contributed by atoms with Gasteiger partial charge < -0.3 is 4.79 Å². The summed E-state index contributed by atoms with van der Waals surface area (Å²) in [6.07, 6.45) is 0.624. The van der Waals surface area contributed by atoms with E-state index in [9.17, 15) is 9.59 Å². The van der Waals surface area contributed by atoms with Gasteiger partial charge in [0.05, 0.1) is 11.4 Å². The van der Waals surface area contributed by atoms with E-state index in [1.807, 2.05) is 18.2 Å². The maximum Gasteiger partial charge on any atom is 0.263 e. The van der Waals surface area contributed by atoms with Gasteiger partial charge in [-0.05, 0) is 29.8 Å². The molecule has 0 aliphatic carbocycles. The minimum atomic E-state index is -0.883. The number of para-hydroxylation sites is 1. The van der Waals surface area contributed by atoms with E-state index in [-0.39, 0.29) is 5.91 Å². The van der Waals surface area contributed by atoms with E-state index in [1.54, 1.807) is 36.4 Å². The third-order valence-electron chi connectivity index (χ3n) is 3.25. The summed E-state index contributed by atoms with van der Waals surface area (Å²) in [6, 6.07) is 15.9. The van der Waals surface area contributed by atoms with Crippen LogP contribution in [0.15, 0.2) is 59.7 Å². The Bertz CT molecular complexity index is 711. The van der Waals surface area contributed by atoms with Crippen molar-refractivity contribution >= 4 is 35.2 Å². The van der Waals surface area contributed by atoms with Gasteiger partial charge in [-0.2, -0.15) is 10.1 Å². The lowest BCUT2D eigenvalue weighted by molar-refractivity contribution is -0.123. The van der Waals surface area contributed by atoms with Crippen LogP contribution < -0.4 is 5.01 Å². The topological polar surface area (TPSA) is 49.7 Å². The number of hydrogen-bond acceptors (Lipinski definition) is 3. The van der Waals surface area contributed by atoms with E-state index in [2.05, 4.69) is 5.10 Å². The second kappa shape index (κ2) is 5.50. The van der Waals surface area contributed by atoms with Crippen LogP contribution in [0.4, 0.5) is 5.69 Å². The minimum Gasteiger partial charge on any atom is -0.302 e. The third kappa shape index (κ3) is 2.45. The normalized spacial score (nSPS) is 17.8. The molecule has 5 heteroatoms. The summed E-state index contributed by atoms with van der Waals surface area (Å²) in [5.74, 6) is -1.23. The molecule has 0 radical (unpaired) electrons. The number of amides is 1. The Kier molecular flexibility index (Phi) is 3.54. The Hall–Kier alpha value is -2.46. The standard InChI is InChI=1S/C16H11ClN2O2/c17-12-8-6-11(7-9-12)15-14(10-20)16(21)19(18-15)13-4-2-1-3-5-13/h1-10,14H. The Morgan fingerprint density at radius 2 is 1.71 bits per heavy atom. The number of benzene rings is 2. The number of hydrazone groups is 1. The highest BCUT2D eigenvalue weighted by atomic mass is 35.5. The lowest BCUT2D eigenvalue weighted by Gasteiger charge is -2.11. The molecular weight excluding hydrogens is 288 g/mol. The van der Waals surface area contributed by atoms with Gasteiger partial charge in [0.25, 0.3) is 5.91 Å². The maximum atomic E-state index is 12.3.